The average molecular weight is 408 g/mol. The lowest BCUT2D eigenvalue weighted by molar-refractivity contribution is -0.123. The van der Waals surface area contributed by atoms with E-state index in [2.05, 4.69) is 45.5 Å². The van der Waals surface area contributed by atoms with Gasteiger partial charge in [0.25, 0.3) is 5.91 Å². The fourth-order valence-corrected chi connectivity index (χ4v) is 3.74. The van der Waals surface area contributed by atoms with Crippen LogP contribution in [0.4, 0.5) is 5.69 Å². The van der Waals surface area contributed by atoms with Gasteiger partial charge in [-0.15, -0.1) is 0 Å². The minimum absolute atomic E-state index is 0.00633. The number of para-hydroxylation sites is 1. The molecular formula is C23H22ClN3O2. The second-order valence-corrected chi connectivity index (χ2v) is 7.36. The van der Waals surface area contributed by atoms with Gasteiger partial charge in [-0.1, -0.05) is 35.9 Å². The molecule has 0 bridgehead atoms. The van der Waals surface area contributed by atoms with Crippen molar-refractivity contribution in [1.82, 2.24) is 10.3 Å². The molecule has 3 aromatic rings. The summed E-state index contributed by atoms with van der Waals surface area (Å²) in [5.41, 5.74) is 3.62. The number of carbonyl (C=O) groups excluding carboxylic acids is 1. The van der Waals surface area contributed by atoms with E-state index in [0.717, 1.165) is 18.5 Å². The number of amides is 1. The molecule has 0 radical (unpaired) electrons. The Labute approximate surface area is 175 Å². The minimum Gasteiger partial charge on any atom is -0.484 e. The largest absolute Gasteiger partial charge is 0.484 e. The third-order valence-corrected chi connectivity index (χ3v) is 5.30. The Kier molecular flexibility index (Phi) is 5.96. The molecule has 2 heterocycles. The van der Waals surface area contributed by atoms with E-state index in [9.17, 15) is 4.79 Å². The third-order valence-electron chi connectivity index (χ3n) is 5.04. The average Bonchev–Trinajstić information content (AvgIpc) is 3.18. The first kappa shape index (κ1) is 19.3. The maximum atomic E-state index is 12.4. The van der Waals surface area contributed by atoms with Crippen LogP contribution in [0.5, 0.6) is 5.75 Å². The molecule has 1 amide bonds. The molecule has 1 N–H and O–H groups in total. The van der Waals surface area contributed by atoms with Crippen LogP contribution >= 0.6 is 11.6 Å². The first-order valence-electron chi connectivity index (χ1n) is 9.60. The summed E-state index contributed by atoms with van der Waals surface area (Å²) in [4.78, 5) is 19.0. The van der Waals surface area contributed by atoms with Crippen LogP contribution in [-0.2, 0) is 11.2 Å². The zero-order valence-corrected chi connectivity index (χ0v) is 16.7. The topological polar surface area (TPSA) is 54.5 Å². The highest BCUT2D eigenvalue weighted by atomic mass is 35.5. The van der Waals surface area contributed by atoms with Crippen molar-refractivity contribution in [1.29, 1.82) is 0 Å². The number of fused-ring (bicyclic) bond motifs is 1. The van der Waals surface area contributed by atoms with Crippen molar-refractivity contribution in [2.75, 3.05) is 24.6 Å². The van der Waals surface area contributed by atoms with Crippen molar-refractivity contribution in [2.24, 2.45) is 0 Å². The maximum Gasteiger partial charge on any atom is 0.258 e. The summed E-state index contributed by atoms with van der Waals surface area (Å²) in [5.74, 6) is 0.447. The van der Waals surface area contributed by atoms with E-state index < -0.39 is 0 Å². The molecule has 0 saturated carbocycles. The van der Waals surface area contributed by atoms with Crippen LogP contribution in [0, 0.1) is 0 Å². The van der Waals surface area contributed by atoms with Gasteiger partial charge in [-0.05, 0) is 53.9 Å². The Morgan fingerprint density at radius 1 is 1.14 bits per heavy atom. The Hall–Kier alpha value is -3.05. The van der Waals surface area contributed by atoms with Crippen molar-refractivity contribution >= 4 is 23.2 Å². The second kappa shape index (κ2) is 8.97. The zero-order chi connectivity index (χ0) is 20.1. The van der Waals surface area contributed by atoms with Gasteiger partial charge in [0.2, 0.25) is 0 Å². The standard InChI is InChI=1S/C23H22ClN3O2/c24-19-7-9-20(10-8-19)29-16-23(28)26-15-22(18-5-3-12-25-14-18)27-13-11-17-4-1-2-6-21(17)27/h1-10,12,14,22H,11,13,15-16H2,(H,26,28)/t22-/m0/s1. The Bertz CT molecular complexity index is 963. The smallest absolute Gasteiger partial charge is 0.258 e. The van der Waals surface area contributed by atoms with Crippen LogP contribution in [0.2, 0.25) is 5.02 Å². The molecule has 1 aromatic heterocycles. The molecule has 29 heavy (non-hydrogen) atoms. The number of aromatic nitrogens is 1. The number of hydrogen-bond acceptors (Lipinski definition) is 4. The van der Waals surface area contributed by atoms with Crippen molar-refractivity contribution in [3.8, 4) is 5.75 Å². The molecule has 0 saturated heterocycles. The number of carbonyl (C=O) groups is 1. The molecule has 0 unspecified atom stereocenters. The van der Waals surface area contributed by atoms with Crippen molar-refractivity contribution < 1.29 is 9.53 Å². The monoisotopic (exact) mass is 407 g/mol. The Morgan fingerprint density at radius 3 is 2.76 bits per heavy atom. The van der Waals surface area contributed by atoms with Crippen LogP contribution in [-0.4, -0.2) is 30.6 Å². The molecule has 2 aromatic carbocycles. The summed E-state index contributed by atoms with van der Waals surface area (Å²) >= 11 is 5.87. The molecule has 148 valence electrons. The van der Waals surface area contributed by atoms with Crippen molar-refractivity contribution in [2.45, 2.75) is 12.5 Å². The fraction of sp³-hybridized carbons (Fsp3) is 0.217. The van der Waals surface area contributed by atoms with Gasteiger partial charge in [0.05, 0.1) is 6.04 Å². The summed E-state index contributed by atoms with van der Waals surface area (Å²) in [7, 11) is 0. The first-order chi connectivity index (χ1) is 14.2. The van der Waals surface area contributed by atoms with Gasteiger partial charge in [0, 0.05) is 36.2 Å². The number of rotatable bonds is 7. The molecule has 0 fully saturated rings. The highest BCUT2D eigenvalue weighted by molar-refractivity contribution is 6.30. The molecule has 0 aliphatic carbocycles. The number of pyridine rings is 1. The van der Waals surface area contributed by atoms with Crippen LogP contribution in [0.15, 0.2) is 73.1 Å². The summed E-state index contributed by atoms with van der Waals surface area (Å²) in [6, 6.07) is 19.4. The van der Waals surface area contributed by atoms with E-state index in [1.165, 1.54) is 11.3 Å². The van der Waals surface area contributed by atoms with Crippen LogP contribution in [0.3, 0.4) is 0 Å². The summed E-state index contributed by atoms with van der Waals surface area (Å²) < 4.78 is 5.55. The molecule has 0 spiro atoms. The molecule has 5 nitrogen and oxygen atoms in total. The van der Waals surface area contributed by atoms with E-state index in [-0.39, 0.29) is 18.6 Å². The van der Waals surface area contributed by atoms with Gasteiger partial charge >= 0.3 is 0 Å². The van der Waals surface area contributed by atoms with E-state index in [4.69, 9.17) is 16.3 Å². The van der Waals surface area contributed by atoms with E-state index in [0.29, 0.717) is 17.3 Å². The predicted molar refractivity (Wildman–Crippen MR) is 114 cm³/mol. The SMILES string of the molecule is O=C(COc1ccc(Cl)cc1)NC[C@@H](c1cccnc1)N1CCc2ccccc21. The van der Waals surface area contributed by atoms with Crippen molar-refractivity contribution in [3.63, 3.8) is 0 Å². The van der Waals surface area contributed by atoms with E-state index in [1.54, 1.807) is 30.5 Å². The van der Waals surface area contributed by atoms with Gasteiger partial charge in [-0.2, -0.15) is 0 Å². The van der Waals surface area contributed by atoms with Crippen molar-refractivity contribution in [3.05, 3.63) is 89.2 Å². The first-order valence-corrected chi connectivity index (χ1v) is 9.98. The zero-order valence-electron chi connectivity index (χ0n) is 15.9. The highest BCUT2D eigenvalue weighted by Gasteiger charge is 2.27. The molecule has 1 aliphatic heterocycles. The van der Waals surface area contributed by atoms with Crippen LogP contribution < -0.4 is 15.0 Å². The number of benzene rings is 2. The van der Waals surface area contributed by atoms with Gasteiger partial charge in [-0.25, -0.2) is 0 Å². The number of nitrogens with one attached hydrogen (secondary N) is 1. The second-order valence-electron chi connectivity index (χ2n) is 6.92. The lowest BCUT2D eigenvalue weighted by Crippen LogP contribution is -2.39. The molecular weight excluding hydrogens is 386 g/mol. The Balaban J connectivity index is 1.42. The predicted octanol–water partition coefficient (Wildman–Crippen LogP) is 4.03. The highest BCUT2D eigenvalue weighted by Crippen LogP contribution is 2.34. The molecule has 1 atom stereocenters. The number of halogens is 1. The number of anilines is 1. The molecule has 6 heteroatoms. The lowest BCUT2D eigenvalue weighted by atomic mass is 10.1. The summed E-state index contributed by atoms with van der Waals surface area (Å²) in [6.45, 7) is 1.34. The van der Waals surface area contributed by atoms with E-state index >= 15 is 0 Å². The lowest BCUT2D eigenvalue weighted by Gasteiger charge is -2.31. The number of nitrogens with zero attached hydrogens (tertiary/aromatic N) is 2. The summed E-state index contributed by atoms with van der Waals surface area (Å²) in [6.07, 6.45) is 4.62. The van der Waals surface area contributed by atoms with E-state index in [1.807, 2.05) is 12.3 Å². The fourth-order valence-electron chi connectivity index (χ4n) is 3.61. The number of ether oxygens (including phenoxy) is 1. The van der Waals surface area contributed by atoms with Gasteiger partial charge in [-0.3, -0.25) is 9.78 Å². The van der Waals surface area contributed by atoms with Gasteiger partial charge in [0.15, 0.2) is 6.61 Å². The Morgan fingerprint density at radius 2 is 1.97 bits per heavy atom. The van der Waals surface area contributed by atoms with Crippen LogP contribution in [0.1, 0.15) is 17.2 Å². The maximum absolute atomic E-state index is 12.4. The minimum atomic E-state index is -0.165. The van der Waals surface area contributed by atoms with Crippen LogP contribution in [0.25, 0.3) is 0 Å². The molecule has 1 aliphatic rings. The third kappa shape index (κ3) is 4.69. The van der Waals surface area contributed by atoms with Gasteiger partial charge in [0.1, 0.15) is 5.75 Å². The van der Waals surface area contributed by atoms with Gasteiger partial charge < -0.3 is 15.0 Å². The quantitative estimate of drug-likeness (QED) is 0.642. The summed E-state index contributed by atoms with van der Waals surface area (Å²) in [5, 5.41) is 3.64. The number of hydrogen-bond donors (Lipinski definition) is 1. The molecule has 4 rings (SSSR count). The normalized spacial score (nSPS) is 13.6.